The Morgan fingerprint density at radius 1 is 0.538 bits per heavy atom. The van der Waals surface area contributed by atoms with Crippen LogP contribution in [0, 0.1) is 0 Å². The minimum absolute atomic E-state index is 0.926. The maximum absolute atomic E-state index is 4.47. The molecule has 4 nitrogen and oxygen atoms in total. The highest BCUT2D eigenvalue weighted by Crippen LogP contribution is 2.25. The van der Waals surface area contributed by atoms with Gasteiger partial charge in [-0.3, -0.25) is 9.98 Å². The average Bonchev–Trinajstić information content (AvgIpc) is 3.40. The second kappa shape index (κ2) is 7.49. The molecule has 26 heavy (non-hydrogen) atoms. The van der Waals surface area contributed by atoms with Gasteiger partial charge in [-0.25, -0.2) is 0 Å². The van der Waals surface area contributed by atoms with Gasteiger partial charge in [0.2, 0.25) is 0 Å². The zero-order valence-electron chi connectivity index (χ0n) is 14.1. The average molecular weight is 338 g/mol. The molecule has 0 aliphatic heterocycles. The summed E-state index contributed by atoms with van der Waals surface area (Å²) in [4.78, 5) is 15.1. The number of nitrogens with zero attached hydrogens (tertiary/aromatic N) is 2. The molecule has 0 unspecified atom stereocenters. The van der Waals surface area contributed by atoms with E-state index in [-0.39, 0.29) is 0 Å². The van der Waals surface area contributed by atoms with Crippen molar-refractivity contribution < 1.29 is 0 Å². The number of rotatable bonds is 5. The zero-order chi connectivity index (χ0) is 17.6. The van der Waals surface area contributed by atoms with Crippen LogP contribution in [-0.4, -0.2) is 22.4 Å². The van der Waals surface area contributed by atoms with E-state index in [0.29, 0.717) is 0 Å². The number of aromatic amines is 2. The highest BCUT2D eigenvalue weighted by atomic mass is 14.8. The number of H-pyrrole nitrogens is 2. The van der Waals surface area contributed by atoms with E-state index in [1.807, 2.05) is 73.4 Å². The maximum Gasteiger partial charge on any atom is 0.0630 e. The van der Waals surface area contributed by atoms with Crippen LogP contribution < -0.4 is 0 Å². The van der Waals surface area contributed by atoms with Crippen LogP contribution in [0.5, 0.6) is 0 Å². The largest absolute Gasteiger partial charge is 0.360 e. The number of hydrogen-bond donors (Lipinski definition) is 2. The minimum Gasteiger partial charge on any atom is -0.360 e. The van der Waals surface area contributed by atoms with E-state index < -0.39 is 0 Å². The van der Waals surface area contributed by atoms with Crippen molar-refractivity contribution in [3.63, 3.8) is 0 Å². The normalized spacial score (nSPS) is 11.5. The molecule has 0 aliphatic rings. The number of aliphatic imine (C=N–C) groups is 2. The molecule has 0 saturated carbocycles. The van der Waals surface area contributed by atoms with Crippen LogP contribution in [0.4, 0.5) is 11.4 Å². The van der Waals surface area contributed by atoms with Crippen molar-refractivity contribution in [2.75, 3.05) is 0 Å². The molecular weight excluding hydrogens is 320 g/mol. The molecule has 0 amide bonds. The number of hydrogen-bond acceptors (Lipinski definition) is 2. The molecular formula is C22H18N4. The number of nitrogens with one attached hydrogen (secondary N) is 2. The Hall–Kier alpha value is -3.66. The number of benzene rings is 2. The topological polar surface area (TPSA) is 56.3 Å². The third kappa shape index (κ3) is 3.87. The van der Waals surface area contributed by atoms with E-state index in [0.717, 1.165) is 33.9 Å². The molecule has 2 N–H and O–H groups in total. The van der Waals surface area contributed by atoms with E-state index in [2.05, 4.69) is 44.2 Å². The van der Waals surface area contributed by atoms with Crippen molar-refractivity contribution in [2.45, 2.75) is 0 Å². The van der Waals surface area contributed by atoms with Crippen LogP contribution in [0.2, 0.25) is 0 Å². The molecule has 0 saturated heterocycles. The van der Waals surface area contributed by atoms with Crippen LogP contribution in [0.1, 0.15) is 11.4 Å². The molecule has 4 rings (SSSR count). The van der Waals surface area contributed by atoms with E-state index in [9.17, 15) is 0 Å². The summed E-state index contributed by atoms with van der Waals surface area (Å²) in [6.07, 6.45) is 7.42. The summed E-state index contributed by atoms with van der Waals surface area (Å²) in [5.74, 6) is 0. The molecule has 4 heteroatoms. The first kappa shape index (κ1) is 15.8. The quantitative estimate of drug-likeness (QED) is 0.451. The summed E-state index contributed by atoms with van der Waals surface area (Å²) < 4.78 is 0. The Labute approximate surface area is 152 Å². The van der Waals surface area contributed by atoms with E-state index in [1.54, 1.807) is 0 Å². The first-order chi connectivity index (χ1) is 12.9. The van der Waals surface area contributed by atoms with E-state index in [4.69, 9.17) is 0 Å². The molecule has 0 spiro atoms. The lowest BCUT2D eigenvalue weighted by molar-refractivity contribution is 1.38. The predicted octanol–water partition coefficient (Wildman–Crippen LogP) is 5.51. The van der Waals surface area contributed by atoms with Gasteiger partial charge in [-0.15, -0.1) is 0 Å². The van der Waals surface area contributed by atoms with Gasteiger partial charge in [-0.2, -0.15) is 0 Å². The smallest absolute Gasteiger partial charge is 0.0630 e. The monoisotopic (exact) mass is 338 g/mol. The lowest BCUT2D eigenvalue weighted by Gasteiger charge is -2.03. The summed E-state index contributed by atoms with van der Waals surface area (Å²) in [6, 6.07) is 24.3. The van der Waals surface area contributed by atoms with Crippen LogP contribution in [0.15, 0.2) is 95.2 Å². The zero-order valence-corrected chi connectivity index (χ0v) is 14.1. The molecule has 2 heterocycles. The second-order valence-corrected chi connectivity index (χ2v) is 5.86. The van der Waals surface area contributed by atoms with Gasteiger partial charge in [0.15, 0.2) is 0 Å². The summed E-state index contributed by atoms with van der Waals surface area (Å²) in [6.45, 7) is 0. The molecule has 0 bridgehead atoms. The van der Waals surface area contributed by atoms with Crippen LogP contribution in [0.25, 0.3) is 11.1 Å². The predicted molar refractivity (Wildman–Crippen MR) is 108 cm³/mol. The summed E-state index contributed by atoms with van der Waals surface area (Å²) in [5.41, 5.74) is 6.15. The Balaban J connectivity index is 1.45. The van der Waals surface area contributed by atoms with Gasteiger partial charge >= 0.3 is 0 Å². The molecule has 4 aromatic rings. The lowest BCUT2D eigenvalue weighted by atomic mass is 10.1. The fourth-order valence-electron chi connectivity index (χ4n) is 2.62. The third-order valence-electron chi connectivity index (χ3n) is 4.02. The molecule has 2 aromatic heterocycles. The van der Waals surface area contributed by atoms with Crippen LogP contribution in [-0.2, 0) is 0 Å². The van der Waals surface area contributed by atoms with Crippen molar-refractivity contribution in [3.8, 4) is 11.1 Å². The maximum atomic E-state index is 4.47. The van der Waals surface area contributed by atoms with Gasteiger partial charge in [-0.05, 0) is 59.7 Å². The van der Waals surface area contributed by atoms with Gasteiger partial charge in [-0.1, -0.05) is 24.3 Å². The third-order valence-corrected chi connectivity index (χ3v) is 4.02. The van der Waals surface area contributed by atoms with Crippen molar-refractivity contribution in [2.24, 2.45) is 9.98 Å². The summed E-state index contributed by atoms with van der Waals surface area (Å²) in [5, 5.41) is 0. The van der Waals surface area contributed by atoms with Gasteiger partial charge in [0.1, 0.15) is 0 Å². The Morgan fingerprint density at radius 2 is 0.962 bits per heavy atom. The minimum atomic E-state index is 0.926. The molecule has 2 aromatic carbocycles. The Kier molecular flexibility index (Phi) is 4.56. The Morgan fingerprint density at radius 3 is 1.31 bits per heavy atom. The SMILES string of the molecule is C(=N\c1ccc(-c2ccc(/N=C/c3ccc[nH]3)cc2)cc1)/c1ccc[nH]1. The molecule has 0 fully saturated rings. The van der Waals surface area contributed by atoms with Gasteiger partial charge in [0.25, 0.3) is 0 Å². The van der Waals surface area contributed by atoms with Crippen LogP contribution >= 0.6 is 0 Å². The van der Waals surface area contributed by atoms with Crippen molar-refractivity contribution in [1.29, 1.82) is 0 Å². The number of aromatic nitrogens is 2. The lowest BCUT2D eigenvalue weighted by Crippen LogP contribution is -1.80. The van der Waals surface area contributed by atoms with Gasteiger partial charge in [0.05, 0.1) is 35.2 Å². The molecule has 0 radical (unpaired) electrons. The van der Waals surface area contributed by atoms with Gasteiger partial charge in [0, 0.05) is 12.4 Å². The van der Waals surface area contributed by atoms with E-state index >= 15 is 0 Å². The highest BCUT2D eigenvalue weighted by molar-refractivity contribution is 5.81. The molecule has 126 valence electrons. The summed E-state index contributed by atoms with van der Waals surface area (Å²) in [7, 11) is 0. The first-order valence-electron chi connectivity index (χ1n) is 8.42. The molecule has 0 atom stereocenters. The van der Waals surface area contributed by atoms with Gasteiger partial charge < -0.3 is 9.97 Å². The Bertz CT molecular complexity index is 905. The van der Waals surface area contributed by atoms with Crippen molar-refractivity contribution >= 4 is 23.8 Å². The fraction of sp³-hybridized carbons (Fsp3) is 0. The van der Waals surface area contributed by atoms with Crippen molar-refractivity contribution in [1.82, 2.24) is 9.97 Å². The highest BCUT2D eigenvalue weighted by Gasteiger charge is 1.98. The molecule has 0 aliphatic carbocycles. The second-order valence-electron chi connectivity index (χ2n) is 5.86. The summed E-state index contributed by atoms with van der Waals surface area (Å²) >= 11 is 0. The standard InChI is InChI=1S/C22H18N4/c1-3-21(23-13-1)15-25-19-9-5-17(6-10-19)18-7-11-20(12-8-18)26-16-22-4-2-14-24-22/h1-16,23-24H/b25-15+,26-16+. The fourth-order valence-corrected chi connectivity index (χ4v) is 2.62. The first-order valence-corrected chi connectivity index (χ1v) is 8.42. The van der Waals surface area contributed by atoms with Crippen LogP contribution in [0.3, 0.4) is 0 Å². The van der Waals surface area contributed by atoms with Crippen molar-refractivity contribution in [3.05, 3.63) is 96.6 Å². The van der Waals surface area contributed by atoms with E-state index in [1.165, 1.54) is 0 Å².